The molecule has 0 saturated carbocycles. The van der Waals surface area contributed by atoms with Gasteiger partial charge in [-0.1, -0.05) is 11.8 Å². The van der Waals surface area contributed by atoms with Crippen LogP contribution in [0.4, 0.5) is 4.39 Å². The fourth-order valence-corrected chi connectivity index (χ4v) is 1.33. The van der Waals surface area contributed by atoms with Gasteiger partial charge in [0.15, 0.2) is 0 Å². The third-order valence-corrected chi connectivity index (χ3v) is 2.57. The molecule has 0 bridgehead atoms. The van der Waals surface area contributed by atoms with Crippen LogP contribution in [0.1, 0.15) is 29.8 Å². The summed E-state index contributed by atoms with van der Waals surface area (Å²) < 4.78 is 13.8. The minimum absolute atomic E-state index is 0.214. The van der Waals surface area contributed by atoms with Gasteiger partial charge in [0.05, 0.1) is 5.56 Å². The lowest BCUT2D eigenvalue weighted by Gasteiger charge is -2.22. The summed E-state index contributed by atoms with van der Waals surface area (Å²) >= 11 is 0. The van der Waals surface area contributed by atoms with Gasteiger partial charge in [-0.25, -0.2) is 4.39 Å². The molecular weight excluding hydrogens is 263 g/mol. The van der Waals surface area contributed by atoms with Gasteiger partial charge in [-0.05, 0) is 32.0 Å². The van der Waals surface area contributed by atoms with Crippen molar-refractivity contribution in [1.29, 1.82) is 0 Å². The van der Waals surface area contributed by atoms with E-state index < -0.39 is 23.2 Å². The predicted molar refractivity (Wildman–Crippen MR) is 71.1 cm³/mol. The van der Waals surface area contributed by atoms with Crippen LogP contribution in [0.2, 0.25) is 0 Å². The third-order valence-electron chi connectivity index (χ3n) is 2.57. The maximum Gasteiger partial charge on any atom is 0.255 e. The molecule has 20 heavy (non-hydrogen) atoms. The van der Waals surface area contributed by atoms with Crippen LogP contribution in [0.25, 0.3) is 0 Å². The van der Waals surface area contributed by atoms with E-state index in [2.05, 4.69) is 17.2 Å². The van der Waals surface area contributed by atoms with Crippen LogP contribution in [0.3, 0.4) is 0 Å². The molecule has 0 unspecified atom stereocenters. The largest absolute Gasteiger partial charge is 0.384 e. The van der Waals surface area contributed by atoms with Crippen molar-refractivity contribution in [3.8, 4) is 11.8 Å². The zero-order valence-corrected chi connectivity index (χ0v) is 11.2. The minimum Gasteiger partial charge on any atom is -0.384 e. The summed E-state index contributed by atoms with van der Waals surface area (Å²) in [4.78, 5) is 23.0. The van der Waals surface area contributed by atoms with E-state index in [9.17, 15) is 14.0 Å². The quantitative estimate of drug-likeness (QED) is 0.688. The Morgan fingerprint density at radius 2 is 2.10 bits per heavy atom. The Morgan fingerprint density at radius 3 is 2.60 bits per heavy atom. The Morgan fingerprint density at radius 1 is 1.45 bits per heavy atom. The molecule has 0 aliphatic heterocycles. The number of rotatable bonds is 3. The number of nitrogens with one attached hydrogen (secondary N) is 1. The first kappa shape index (κ1) is 15.7. The molecule has 0 fully saturated rings. The summed E-state index contributed by atoms with van der Waals surface area (Å²) in [5, 5.41) is 10.9. The SMILES string of the molecule is CC(C)(NC(=O)c1ccc(C#CCO)cc1F)C(N)=O. The molecule has 0 spiro atoms. The number of aliphatic hydroxyl groups is 1. The highest BCUT2D eigenvalue weighted by Gasteiger charge is 2.28. The molecule has 1 aromatic carbocycles. The summed E-state index contributed by atoms with van der Waals surface area (Å²) in [7, 11) is 0. The van der Waals surface area contributed by atoms with Gasteiger partial charge in [-0.2, -0.15) is 0 Å². The Bertz CT molecular complexity index is 600. The van der Waals surface area contributed by atoms with Crippen LogP contribution < -0.4 is 11.1 Å². The van der Waals surface area contributed by atoms with Crippen LogP contribution in [0.15, 0.2) is 18.2 Å². The number of amides is 2. The Kier molecular flexibility index (Phi) is 4.83. The number of primary amides is 1. The van der Waals surface area contributed by atoms with Gasteiger partial charge < -0.3 is 16.2 Å². The fraction of sp³-hybridized carbons (Fsp3) is 0.286. The Balaban J connectivity index is 2.98. The number of carbonyl (C=O) groups excluding carboxylic acids is 2. The fourth-order valence-electron chi connectivity index (χ4n) is 1.33. The number of aliphatic hydroxyl groups excluding tert-OH is 1. The molecule has 1 aromatic rings. The molecule has 0 aliphatic carbocycles. The van der Waals surface area contributed by atoms with E-state index >= 15 is 0 Å². The van der Waals surface area contributed by atoms with E-state index in [1.54, 1.807) is 0 Å². The van der Waals surface area contributed by atoms with Crippen LogP contribution in [0.5, 0.6) is 0 Å². The smallest absolute Gasteiger partial charge is 0.255 e. The Hall–Kier alpha value is -2.39. The molecule has 4 N–H and O–H groups in total. The molecule has 0 heterocycles. The van der Waals surface area contributed by atoms with Crippen LogP contribution in [0, 0.1) is 17.7 Å². The number of hydrogen-bond acceptors (Lipinski definition) is 3. The zero-order valence-electron chi connectivity index (χ0n) is 11.2. The number of carbonyl (C=O) groups is 2. The number of hydrogen-bond donors (Lipinski definition) is 3. The molecule has 0 aliphatic rings. The monoisotopic (exact) mass is 278 g/mol. The second-order valence-electron chi connectivity index (χ2n) is 4.60. The van der Waals surface area contributed by atoms with Crippen molar-refractivity contribution < 1.29 is 19.1 Å². The van der Waals surface area contributed by atoms with E-state index in [1.807, 2.05) is 0 Å². The number of halogens is 1. The molecule has 0 aromatic heterocycles. The second kappa shape index (κ2) is 6.17. The highest BCUT2D eigenvalue weighted by Crippen LogP contribution is 2.12. The predicted octanol–water partition coefficient (Wildman–Crippen LogP) is 0.163. The first-order valence-electron chi connectivity index (χ1n) is 5.79. The first-order valence-corrected chi connectivity index (χ1v) is 5.79. The van der Waals surface area contributed by atoms with Crippen molar-refractivity contribution >= 4 is 11.8 Å². The third kappa shape index (κ3) is 3.80. The molecular formula is C14H15FN2O3. The molecule has 5 nitrogen and oxygen atoms in total. The van der Waals surface area contributed by atoms with Gasteiger partial charge >= 0.3 is 0 Å². The van der Waals surface area contributed by atoms with Gasteiger partial charge in [0.2, 0.25) is 5.91 Å². The topological polar surface area (TPSA) is 92.4 Å². The Labute approximate surface area is 116 Å². The molecule has 6 heteroatoms. The number of benzene rings is 1. The zero-order chi connectivity index (χ0) is 15.3. The average Bonchev–Trinajstić information content (AvgIpc) is 2.35. The van der Waals surface area contributed by atoms with Gasteiger partial charge in [-0.15, -0.1) is 0 Å². The van der Waals surface area contributed by atoms with Crippen molar-refractivity contribution in [1.82, 2.24) is 5.32 Å². The first-order chi connectivity index (χ1) is 9.27. The molecule has 1 rings (SSSR count). The van der Waals surface area contributed by atoms with E-state index in [1.165, 1.54) is 26.0 Å². The molecule has 0 atom stereocenters. The van der Waals surface area contributed by atoms with E-state index in [-0.39, 0.29) is 12.2 Å². The summed E-state index contributed by atoms with van der Waals surface area (Å²) in [5.74, 6) is 2.65. The van der Waals surface area contributed by atoms with Gasteiger partial charge in [0.25, 0.3) is 5.91 Å². The van der Waals surface area contributed by atoms with Crippen LogP contribution >= 0.6 is 0 Å². The van der Waals surface area contributed by atoms with Gasteiger partial charge in [0, 0.05) is 5.56 Å². The van der Waals surface area contributed by atoms with Gasteiger partial charge in [-0.3, -0.25) is 9.59 Å². The van der Waals surface area contributed by atoms with Crippen molar-refractivity contribution in [3.63, 3.8) is 0 Å². The van der Waals surface area contributed by atoms with Crippen LogP contribution in [-0.2, 0) is 4.79 Å². The van der Waals surface area contributed by atoms with Crippen molar-refractivity contribution in [2.24, 2.45) is 5.73 Å². The minimum atomic E-state index is -1.28. The maximum absolute atomic E-state index is 13.8. The standard InChI is InChI=1S/C14H15FN2O3/c1-14(2,13(16)20)17-12(19)10-6-5-9(4-3-7-18)8-11(10)15/h5-6,8,18H,7H2,1-2H3,(H2,16,20)(H,17,19). The normalized spacial score (nSPS) is 10.4. The maximum atomic E-state index is 13.8. The second-order valence-corrected chi connectivity index (χ2v) is 4.60. The lowest BCUT2D eigenvalue weighted by atomic mass is 10.0. The lowest BCUT2D eigenvalue weighted by Crippen LogP contribution is -2.53. The van der Waals surface area contributed by atoms with Crippen molar-refractivity contribution in [2.45, 2.75) is 19.4 Å². The number of nitrogens with two attached hydrogens (primary N) is 1. The summed E-state index contributed by atoms with van der Waals surface area (Å²) in [5.41, 5.74) is 3.97. The summed E-state index contributed by atoms with van der Waals surface area (Å²) in [6.07, 6.45) is 0. The average molecular weight is 278 g/mol. The van der Waals surface area contributed by atoms with Crippen LogP contribution in [-0.4, -0.2) is 29.1 Å². The van der Waals surface area contributed by atoms with E-state index in [4.69, 9.17) is 10.8 Å². The molecule has 0 radical (unpaired) electrons. The highest BCUT2D eigenvalue weighted by molar-refractivity contribution is 5.98. The van der Waals surface area contributed by atoms with Crippen molar-refractivity contribution in [3.05, 3.63) is 35.1 Å². The molecule has 106 valence electrons. The highest BCUT2D eigenvalue weighted by atomic mass is 19.1. The molecule has 2 amide bonds. The summed E-state index contributed by atoms with van der Waals surface area (Å²) in [6.45, 7) is 2.51. The van der Waals surface area contributed by atoms with Gasteiger partial charge in [0.1, 0.15) is 18.0 Å². The van der Waals surface area contributed by atoms with E-state index in [0.717, 1.165) is 6.07 Å². The lowest BCUT2D eigenvalue weighted by molar-refractivity contribution is -0.122. The molecule has 0 saturated heterocycles. The van der Waals surface area contributed by atoms with Crippen molar-refractivity contribution in [2.75, 3.05) is 6.61 Å². The summed E-state index contributed by atoms with van der Waals surface area (Å²) in [6, 6.07) is 3.77. The van der Waals surface area contributed by atoms with E-state index in [0.29, 0.717) is 5.56 Å².